The Balaban J connectivity index is 1.70. The summed E-state index contributed by atoms with van der Waals surface area (Å²) < 4.78 is 25.7. The normalized spacial score (nSPS) is 17.5. The van der Waals surface area contributed by atoms with Gasteiger partial charge in [-0.3, -0.25) is 9.10 Å². The van der Waals surface area contributed by atoms with Crippen LogP contribution in [0.4, 0.5) is 11.4 Å². The third kappa shape index (κ3) is 6.69. The van der Waals surface area contributed by atoms with E-state index in [1.165, 1.54) is 30.7 Å². The van der Waals surface area contributed by atoms with Crippen molar-refractivity contribution in [2.75, 3.05) is 35.1 Å². The first-order chi connectivity index (χ1) is 15.5. The van der Waals surface area contributed by atoms with E-state index in [4.69, 9.17) is 34.8 Å². The van der Waals surface area contributed by atoms with Crippen molar-refractivity contribution < 1.29 is 13.2 Å². The highest BCUT2D eigenvalue weighted by Gasteiger charge is 2.25. The Morgan fingerprint density at radius 2 is 1.79 bits per heavy atom. The van der Waals surface area contributed by atoms with Crippen molar-refractivity contribution in [2.45, 2.75) is 32.7 Å². The van der Waals surface area contributed by atoms with Crippen molar-refractivity contribution >= 4 is 62.1 Å². The van der Waals surface area contributed by atoms with Crippen molar-refractivity contribution in [3.8, 4) is 0 Å². The number of sulfonamides is 1. The summed E-state index contributed by atoms with van der Waals surface area (Å²) in [6.07, 6.45) is 3.45. The Hall–Kier alpha value is -1.67. The number of halogens is 3. The number of benzene rings is 2. The molecular formula is C23H28Cl3N3O3S. The van der Waals surface area contributed by atoms with Crippen LogP contribution >= 0.6 is 34.8 Å². The van der Waals surface area contributed by atoms with Gasteiger partial charge in [0.2, 0.25) is 15.9 Å². The zero-order valence-corrected chi connectivity index (χ0v) is 21.9. The average Bonchev–Trinajstić information content (AvgIpc) is 2.74. The van der Waals surface area contributed by atoms with Crippen LogP contribution in [-0.2, 0) is 14.8 Å². The fraction of sp³-hybridized carbons (Fsp3) is 0.435. The van der Waals surface area contributed by atoms with E-state index in [0.717, 1.165) is 29.2 Å². The van der Waals surface area contributed by atoms with Crippen molar-refractivity contribution in [1.29, 1.82) is 0 Å². The van der Waals surface area contributed by atoms with Crippen molar-refractivity contribution in [2.24, 2.45) is 5.92 Å². The SMILES string of the molecule is CC1CCCN(c2ccc(C(C)NC(=O)CN(c3cc(Cl)c(Cl)cc3Cl)S(C)(=O)=O)cc2)C1. The minimum atomic E-state index is -3.81. The molecule has 1 heterocycles. The molecule has 2 aromatic carbocycles. The molecule has 1 N–H and O–H groups in total. The van der Waals surface area contributed by atoms with Crippen LogP contribution in [-0.4, -0.2) is 40.2 Å². The number of hydrogen-bond acceptors (Lipinski definition) is 4. The van der Waals surface area contributed by atoms with Crippen LogP contribution in [0.2, 0.25) is 15.1 Å². The van der Waals surface area contributed by atoms with Gasteiger partial charge in [-0.15, -0.1) is 0 Å². The Labute approximate surface area is 210 Å². The number of carbonyl (C=O) groups is 1. The molecule has 0 aromatic heterocycles. The molecule has 0 saturated carbocycles. The van der Waals surface area contributed by atoms with E-state index in [-0.39, 0.29) is 26.8 Å². The van der Waals surface area contributed by atoms with Crippen LogP contribution < -0.4 is 14.5 Å². The third-order valence-corrected chi connectivity index (χ3v) is 7.89. The second-order valence-electron chi connectivity index (χ2n) is 8.56. The highest BCUT2D eigenvalue weighted by atomic mass is 35.5. The van der Waals surface area contributed by atoms with Crippen LogP contribution in [0.25, 0.3) is 0 Å². The fourth-order valence-corrected chi connectivity index (χ4v) is 5.54. The van der Waals surface area contributed by atoms with Crippen molar-refractivity contribution in [1.82, 2.24) is 5.32 Å². The van der Waals surface area contributed by atoms with Gasteiger partial charge in [-0.25, -0.2) is 8.42 Å². The lowest BCUT2D eigenvalue weighted by atomic mass is 9.99. The maximum atomic E-state index is 12.7. The summed E-state index contributed by atoms with van der Waals surface area (Å²) in [6, 6.07) is 10.5. The number of hydrogen-bond donors (Lipinski definition) is 1. The molecule has 10 heteroatoms. The van der Waals surface area contributed by atoms with Gasteiger partial charge in [0, 0.05) is 18.8 Å². The van der Waals surface area contributed by atoms with E-state index in [1.807, 2.05) is 19.1 Å². The molecule has 0 aliphatic carbocycles. The Morgan fingerprint density at radius 1 is 1.15 bits per heavy atom. The van der Waals surface area contributed by atoms with E-state index >= 15 is 0 Å². The lowest BCUT2D eigenvalue weighted by molar-refractivity contribution is -0.120. The van der Waals surface area contributed by atoms with E-state index < -0.39 is 22.5 Å². The second kappa shape index (κ2) is 10.7. The summed E-state index contributed by atoms with van der Waals surface area (Å²) in [7, 11) is -3.81. The van der Waals surface area contributed by atoms with Crippen LogP contribution in [0.1, 0.15) is 38.3 Å². The van der Waals surface area contributed by atoms with Gasteiger partial charge in [-0.05, 0) is 55.5 Å². The molecule has 0 radical (unpaired) electrons. The van der Waals surface area contributed by atoms with Crippen LogP contribution in [0, 0.1) is 5.92 Å². The number of rotatable bonds is 7. The predicted molar refractivity (Wildman–Crippen MR) is 137 cm³/mol. The summed E-state index contributed by atoms with van der Waals surface area (Å²) in [4.78, 5) is 15.1. The molecule has 0 spiro atoms. The highest BCUT2D eigenvalue weighted by molar-refractivity contribution is 7.92. The molecule has 1 aliphatic heterocycles. The summed E-state index contributed by atoms with van der Waals surface area (Å²) in [5.74, 6) is 0.211. The quantitative estimate of drug-likeness (QED) is 0.476. The summed E-state index contributed by atoms with van der Waals surface area (Å²) in [5, 5.41) is 3.28. The summed E-state index contributed by atoms with van der Waals surface area (Å²) in [5.41, 5.74) is 2.19. The van der Waals surface area contributed by atoms with Crippen LogP contribution in [0.3, 0.4) is 0 Å². The standard InChI is InChI=1S/C23H28Cl3N3O3S/c1-15-5-4-10-28(13-15)18-8-6-17(7-9-18)16(2)27-23(30)14-29(33(3,31)32)22-12-20(25)19(24)11-21(22)26/h6-9,11-12,15-16H,4-5,10,13-14H2,1-3H3,(H,27,30). The zero-order chi connectivity index (χ0) is 24.3. The largest absolute Gasteiger partial charge is 0.371 e. The zero-order valence-electron chi connectivity index (χ0n) is 18.8. The summed E-state index contributed by atoms with van der Waals surface area (Å²) in [6.45, 7) is 5.78. The molecule has 6 nitrogen and oxygen atoms in total. The molecule has 180 valence electrons. The van der Waals surface area contributed by atoms with E-state index in [9.17, 15) is 13.2 Å². The number of nitrogens with one attached hydrogen (secondary N) is 1. The fourth-order valence-electron chi connectivity index (χ4n) is 3.98. The number of carbonyl (C=O) groups excluding carboxylic acids is 1. The molecule has 2 atom stereocenters. The molecular weight excluding hydrogens is 505 g/mol. The molecule has 1 saturated heterocycles. The highest BCUT2D eigenvalue weighted by Crippen LogP contribution is 2.35. The van der Waals surface area contributed by atoms with E-state index in [1.54, 1.807) is 0 Å². The molecule has 33 heavy (non-hydrogen) atoms. The Bertz CT molecular complexity index is 1110. The first-order valence-corrected chi connectivity index (χ1v) is 13.7. The number of anilines is 2. The second-order valence-corrected chi connectivity index (χ2v) is 11.7. The van der Waals surface area contributed by atoms with Crippen molar-refractivity contribution in [3.63, 3.8) is 0 Å². The number of piperidine rings is 1. The lowest BCUT2D eigenvalue weighted by Crippen LogP contribution is -2.41. The van der Waals surface area contributed by atoms with Gasteiger partial charge in [-0.1, -0.05) is 53.9 Å². The van der Waals surface area contributed by atoms with E-state index in [2.05, 4.69) is 29.3 Å². The molecule has 1 amide bonds. The maximum Gasteiger partial charge on any atom is 0.241 e. The predicted octanol–water partition coefficient (Wildman–Crippen LogP) is 5.53. The number of nitrogens with zero attached hydrogens (tertiary/aromatic N) is 2. The van der Waals surface area contributed by atoms with Crippen LogP contribution in [0.5, 0.6) is 0 Å². The van der Waals surface area contributed by atoms with Gasteiger partial charge in [-0.2, -0.15) is 0 Å². The van der Waals surface area contributed by atoms with Gasteiger partial charge >= 0.3 is 0 Å². The Kier molecular flexibility index (Phi) is 8.43. The van der Waals surface area contributed by atoms with Gasteiger partial charge < -0.3 is 10.2 Å². The maximum absolute atomic E-state index is 12.7. The first kappa shape index (κ1) is 25.9. The minimum Gasteiger partial charge on any atom is -0.371 e. The minimum absolute atomic E-state index is 0.0818. The number of amides is 1. The van der Waals surface area contributed by atoms with Gasteiger partial charge in [0.05, 0.1) is 33.1 Å². The molecule has 2 unspecified atom stereocenters. The van der Waals surface area contributed by atoms with Gasteiger partial charge in [0.15, 0.2) is 0 Å². The molecule has 2 aromatic rings. The smallest absolute Gasteiger partial charge is 0.241 e. The average molecular weight is 533 g/mol. The van der Waals surface area contributed by atoms with Gasteiger partial charge in [0.25, 0.3) is 0 Å². The lowest BCUT2D eigenvalue weighted by Gasteiger charge is -2.33. The van der Waals surface area contributed by atoms with Crippen molar-refractivity contribution in [3.05, 3.63) is 57.0 Å². The molecule has 3 rings (SSSR count). The first-order valence-electron chi connectivity index (χ1n) is 10.7. The Morgan fingerprint density at radius 3 is 2.39 bits per heavy atom. The summed E-state index contributed by atoms with van der Waals surface area (Å²) >= 11 is 18.2. The monoisotopic (exact) mass is 531 g/mol. The molecule has 0 bridgehead atoms. The van der Waals surface area contributed by atoms with E-state index in [0.29, 0.717) is 5.92 Å². The molecule has 1 aliphatic rings. The van der Waals surface area contributed by atoms with Crippen LogP contribution in [0.15, 0.2) is 36.4 Å². The third-order valence-electron chi connectivity index (χ3n) is 5.74. The topological polar surface area (TPSA) is 69.7 Å². The molecule has 1 fully saturated rings. The van der Waals surface area contributed by atoms with Gasteiger partial charge in [0.1, 0.15) is 6.54 Å².